The lowest BCUT2D eigenvalue weighted by molar-refractivity contribution is -0.121. The zero-order valence-corrected chi connectivity index (χ0v) is 18.1. The van der Waals surface area contributed by atoms with Crippen molar-refractivity contribution in [2.45, 2.75) is 37.1 Å². The average Bonchev–Trinajstić information content (AvgIpc) is 3.00. The summed E-state index contributed by atoms with van der Waals surface area (Å²) in [4.78, 5) is 18.9. The first-order chi connectivity index (χ1) is 14.8. The van der Waals surface area contributed by atoms with Gasteiger partial charge >= 0.3 is 0 Å². The second-order valence-electron chi connectivity index (χ2n) is 7.89. The Balaban J connectivity index is 1.33. The summed E-state index contributed by atoms with van der Waals surface area (Å²) in [6, 6.07) is 11.6. The van der Waals surface area contributed by atoms with Gasteiger partial charge in [0.05, 0.1) is 17.1 Å². The minimum Gasteiger partial charge on any atom is -0.367 e. The minimum atomic E-state index is -3.58. The Morgan fingerprint density at radius 1 is 1.29 bits per heavy atom. The average molecular weight is 445 g/mol. The van der Waals surface area contributed by atoms with Crippen molar-refractivity contribution in [3.05, 3.63) is 59.4 Å². The summed E-state index contributed by atoms with van der Waals surface area (Å²) in [5.74, 6) is -0.148. The third-order valence-electron chi connectivity index (χ3n) is 5.50. The Morgan fingerprint density at radius 2 is 2.10 bits per heavy atom. The number of amidine groups is 1. The van der Waals surface area contributed by atoms with E-state index in [1.54, 1.807) is 24.3 Å². The fourth-order valence-corrected chi connectivity index (χ4v) is 5.25. The van der Waals surface area contributed by atoms with E-state index in [1.807, 2.05) is 17.9 Å². The predicted molar refractivity (Wildman–Crippen MR) is 117 cm³/mol. The molecular weight excluding hydrogens is 419 g/mol. The molecule has 164 valence electrons. The van der Waals surface area contributed by atoms with Crippen LogP contribution in [0.2, 0.25) is 0 Å². The van der Waals surface area contributed by atoms with Crippen LogP contribution in [0.4, 0.5) is 10.1 Å². The van der Waals surface area contributed by atoms with Gasteiger partial charge in [0, 0.05) is 31.1 Å². The molecular formula is C22H25FN4O3S. The normalized spacial score (nSPS) is 20.9. The lowest BCUT2D eigenvalue weighted by Gasteiger charge is -2.35. The van der Waals surface area contributed by atoms with Gasteiger partial charge in [-0.25, -0.2) is 12.8 Å². The van der Waals surface area contributed by atoms with Gasteiger partial charge in [-0.3, -0.25) is 14.5 Å². The van der Waals surface area contributed by atoms with Crippen LogP contribution in [0.15, 0.2) is 52.4 Å². The number of benzene rings is 2. The highest BCUT2D eigenvalue weighted by molar-refractivity contribution is 7.90. The van der Waals surface area contributed by atoms with Crippen molar-refractivity contribution < 1.29 is 17.6 Å². The Kier molecular flexibility index (Phi) is 5.95. The number of carbonyl (C=O) groups excluding carboxylic acids is 1. The number of carbonyl (C=O) groups is 1. The summed E-state index contributed by atoms with van der Waals surface area (Å²) in [5.41, 5.74) is 2.08. The maximum absolute atomic E-state index is 14.2. The van der Waals surface area contributed by atoms with Crippen LogP contribution in [-0.4, -0.2) is 45.8 Å². The molecule has 1 amide bonds. The summed E-state index contributed by atoms with van der Waals surface area (Å²) in [6.45, 7) is 3.39. The molecule has 7 nitrogen and oxygen atoms in total. The second-order valence-corrected chi connectivity index (χ2v) is 9.54. The molecule has 1 atom stereocenters. The lowest BCUT2D eigenvalue weighted by atomic mass is 10.0. The topological polar surface area (TPSA) is 90.9 Å². The van der Waals surface area contributed by atoms with Crippen LogP contribution in [0.25, 0.3) is 0 Å². The number of nitrogens with zero attached hydrogens (tertiary/aromatic N) is 2. The quantitative estimate of drug-likeness (QED) is 0.741. The zero-order chi connectivity index (χ0) is 22.0. The molecule has 0 aromatic heterocycles. The molecule has 1 unspecified atom stereocenters. The molecule has 2 aliphatic rings. The summed E-state index contributed by atoms with van der Waals surface area (Å²) in [7, 11) is -3.58. The number of amides is 1. The first kappa shape index (κ1) is 21.3. The van der Waals surface area contributed by atoms with E-state index in [4.69, 9.17) is 0 Å². The number of hydrogen-bond donors (Lipinski definition) is 2. The number of sulfonamides is 1. The minimum absolute atomic E-state index is 0.0699. The molecule has 9 heteroatoms. The van der Waals surface area contributed by atoms with E-state index in [-0.39, 0.29) is 41.5 Å². The van der Waals surface area contributed by atoms with Gasteiger partial charge in [-0.2, -0.15) is 0 Å². The molecule has 31 heavy (non-hydrogen) atoms. The van der Waals surface area contributed by atoms with Gasteiger partial charge in [-0.15, -0.1) is 0 Å². The Morgan fingerprint density at radius 3 is 2.94 bits per heavy atom. The highest BCUT2D eigenvalue weighted by Crippen LogP contribution is 2.25. The highest BCUT2D eigenvalue weighted by atomic mass is 32.2. The number of nitrogens with one attached hydrogen (secondary N) is 2. The van der Waals surface area contributed by atoms with Crippen molar-refractivity contribution in [1.82, 2.24) is 10.0 Å². The standard InChI is InChI=1S/C22H25FN4O3S/c1-15-8-9-18(23)19(13-15)27-12-4-5-16(14-27)25-21(28)10-11-24-22-17-6-2-3-7-20(17)31(29,30)26-22/h2-3,6-9,13,16H,4-5,10-12,14H2,1H3,(H,24,26)(H,25,28). The molecule has 0 radical (unpaired) electrons. The molecule has 2 aromatic rings. The molecule has 4 rings (SSSR count). The van der Waals surface area contributed by atoms with Gasteiger partial charge < -0.3 is 10.2 Å². The van der Waals surface area contributed by atoms with Gasteiger partial charge in [0.25, 0.3) is 10.0 Å². The monoisotopic (exact) mass is 444 g/mol. The maximum Gasteiger partial charge on any atom is 0.263 e. The summed E-state index contributed by atoms with van der Waals surface area (Å²) < 4.78 is 40.9. The largest absolute Gasteiger partial charge is 0.367 e. The van der Waals surface area contributed by atoms with Gasteiger partial charge in [0.15, 0.2) is 0 Å². The molecule has 0 aliphatic carbocycles. The summed E-state index contributed by atoms with van der Waals surface area (Å²) >= 11 is 0. The fraction of sp³-hybridized carbons (Fsp3) is 0.364. The van der Waals surface area contributed by atoms with E-state index >= 15 is 0 Å². The first-order valence-corrected chi connectivity index (χ1v) is 11.8. The van der Waals surface area contributed by atoms with Gasteiger partial charge in [-0.1, -0.05) is 18.2 Å². The van der Waals surface area contributed by atoms with E-state index < -0.39 is 10.0 Å². The van der Waals surface area contributed by atoms with Crippen molar-refractivity contribution in [3.8, 4) is 0 Å². The van der Waals surface area contributed by atoms with Crippen LogP contribution in [0.3, 0.4) is 0 Å². The molecule has 0 saturated carbocycles. The van der Waals surface area contributed by atoms with Crippen molar-refractivity contribution in [1.29, 1.82) is 0 Å². The highest BCUT2D eigenvalue weighted by Gasteiger charge is 2.30. The fourth-order valence-electron chi connectivity index (χ4n) is 4.00. The van der Waals surface area contributed by atoms with E-state index in [0.717, 1.165) is 24.9 Å². The van der Waals surface area contributed by atoms with Crippen LogP contribution in [0, 0.1) is 12.7 Å². The van der Waals surface area contributed by atoms with Crippen LogP contribution in [-0.2, 0) is 14.8 Å². The number of hydrogen-bond acceptors (Lipinski definition) is 5. The smallest absolute Gasteiger partial charge is 0.263 e. The molecule has 2 heterocycles. The van der Waals surface area contributed by atoms with E-state index in [1.165, 1.54) is 12.1 Å². The molecule has 2 aliphatic heterocycles. The van der Waals surface area contributed by atoms with Crippen LogP contribution in [0.1, 0.15) is 30.4 Å². The third kappa shape index (κ3) is 4.71. The lowest BCUT2D eigenvalue weighted by Crippen LogP contribution is -2.48. The number of anilines is 1. The number of halogens is 1. The molecule has 0 spiro atoms. The molecule has 1 saturated heterocycles. The van der Waals surface area contributed by atoms with Crippen LogP contribution in [0.5, 0.6) is 0 Å². The third-order valence-corrected chi connectivity index (χ3v) is 6.90. The number of aryl methyl sites for hydroxylation is 1. The van der Waals surface area contributed by atoms with Gasteiger partial charge in [0.2, 0.25) is 5.91 Å². The van der Waals surface area contributed by atoms with Crippen LogP contribution >= 0.6 is 0 Å². The number of fused-ring (bicyclic) bond motifs is 1. The van der Waals surface area contributed by atoms with Crippen molar-refractivity contribution >= 4 is 27.5 Å². The Labute approximate surface area is 181 Å². The summed E-state index contributed by atoms with van der Waals surface area (Å²) in [6.07, 6.45) is 1.83. The van der Waals surface area contributed by atoms with Crippen molar-refractivity contribution in [3.63, 3.8) is 0 Å². The van der Waals surface area contributed by atoms with E-state index in [0.29, 0.717) is 17.8 Å². The molecule has 1 fully saturated rings. The molecule has 0 bridgehead atoms. The second kappa shape index (κ2) is 8.66. The first-order valence-electron chi connectivity index (χ1n) is 10.3. The Hall–Kier alpha value is -2.94. The summed E-state index contributed by atoms with van der Waals surface area (Å²) in [5, 5.41) is 3.00. The number of piperidine rings is 1. The molecule has 2 aromatic carbocycles. The van der Waals surface area contributed by atoms with Crippen LogP contribution < -0.4 is 14.9 Å². The number of rotatable bonds is 5. The van der Waals surface area contributed by atoms with Crippen molar-refractivity contribution in [2.24, 2.45) is 4.99 Å². The zero-order valence-electron chi connectivity index (χ0n) is 17.3. The Bertz CT molecular complexity index is 1130. The maximum atomic E-state index is 14.2. The SMILES string of the molecule is Cc1ccc(F)c(N2CCCC(NC(=O)CCN=C3NS(=O)(=O)c4ccccc43)C2)c1. The van der Waals surface area contributed by atoms with E-state index in [2.05, 4.69) is 15.0 Å². The van der Waals surface area contributed by atoms with Gasteiger partial charge in [-0.05, 0) is 49.6 Å². The van der Waals surface area contributed by atoms with Crippen molar-refractivity contribution in [2.75, 3.05) is 24.5 Å². The van der Waals surface area contributed by atoms with E-state index in [9.17, 15) is 17.6 Å². The van der Waals surface area contributed by atoms with Gasteiger partial charge in [0.1, 0.15) is 11.7 Å². The molecule has 2 N–H and O–H groups in total. The predicted octanol–water partition coefficient (Wildman–Crippen LogP) is 2.35. The number of aliphatic imine (C=N–C) groups is 1.